The fraction of sp³-hybridized carbons (Fsp3) is 0.312. The molecule has 1 aliphatic rings. The van der Waals surface area contributed by atoms with Crippen molar-refractivity contribution in [2.75, 3.05) is 32.5 Å². The van der Waals surface area contributed by atoms with Crippen LogP contribution in [0.4, 0.5) is 18.9 Å². The van der Waals surface area contributed by atoms with Crippen LogP contribution in [0.1, 0.15) is 5.82 Å². The molecule has 2 heterocycles. The quantitative estimate of drug-likeness (QED) is 0.808. The third kappa shape index (κ3) is 3.45. The highest BCUT2D eigenvalue weighted by atomic mass is 19.4. The predicted octanol–water partition coefficient (Wildman–Crippen LogP) is 1.98. The average Bonchev–Trinajstić information content (AvgIpc) is 3.10. The zero-order chi connectivity index (χ0) is 19.8. The maximum Gasteiger partial charge on any atom is 0.449 e. The molecule has 0 fully saturated rings. The molecule has 144 valence electrons. The van der Waals surface area contributed by atoms with Gasteiger partial charge in [0.25, 0.3) is 0 Å². The number of rotatable bonds is 3. The first-order valence-electron chi connectivity index (χ1n) is 7.58. The molecule has 0 saturated carbocycles. The van der Waals surface area contributed by atoms with E-state index in [0.29, 0.717) is 5.69 Å². The lowest BCUT2D eigenvalue weighted by atomic mass is 10.1. The van der Waals surface area contributed by atoms with Crippen molar-refractivity contribution in [3.8, 4) is 0 Å². The summed E-state index contributed by atoms with van der Waals surface area (Å²) in [4.78, 5) is 31.2. The van der Waals surface area contributed by atoms with E-state index in [9.17, 15) is 22.8 Å². The van der Waals surface area contributed by atoms with Crippen LogP contribution in [0.15, 0.2) is 29.5 Å². The Kier molecular flexibility index (Phi) is 4.79. The lowest BCUT2D eigenvalue weighted by Crippen LogP contribution is -2.38. The number of carbonyl (C=O) groups excluding carboxylic acids is 2. The monoisotopic (exact) mass is 385 g/mol. The van der Waals surface area contributed by atoms with E-state index in [1.807, 2.05) is 0 Å². The minimum Gasteiger partial charge on any atom is -0.466 e. The smallest absolute Gasteiger partial charge is 0.449 e. The first-order valence-corrected chi connectivity index (χ1v) is 7.58. The van der Waals surface area contributed by atoms with E-state index < -0.39 is 23.9 Å². The Morgan fingerprint density at radius 1 is 1.22 bits per heavy atom. The van der Waals surface area contributed by atoms with Gasteiger partial charge in [-0.25, -0.2) is 14.6 Å². The number of aromatic amines is 1. The van der Waals surface area contributed by atoms with E-state index in [1.165, 1.54) is 23.1 Å². The fourth-order valence-corrected chi connectivity index (χ4v) is 2.65. The van der Waals surface area contributed by atoms with Crippen molar-refractivity contribution in [2.24, 2.45) is 0 Å². The Labute approximate surface area is 150 Å². The molecule has 0 spiro atoms. The number of carbonyl (C=O) groups is 2. The summed E-state index contributed by atoms with van der Waals surface area (Å²) >= 11 is 0. The number of halogens is 3. The molecule has 0 amide bonds. The molecule has 0 atom stereocenters. The molecule has 0 unspecified atom stereocenters. The van der Waals surface area contributed by atoms with Crippen molar-refractivity contribution < 1.29 is 37.0 Å². The molecule has 0 saturated heterocycles. The van der Waals surface area contributed by atoms with Crippen LogP contribution in [0.3, 0.4) is 0 Å². The number of methoxy groups -OCH3 is 2. The summed E-state index contributed by atoms with van der Waals surface area (Å²) in [6.07, 6.45) is -4.62. The van der Waals surface area contributed by atoms with Crippen LogP contribution < -0.4 is 4.90 Å². The van der Waals surface area contributed by atoms with Crippen LogP contribution in [0.2, 0.25) is 0 Å². The van der Waals surface area contributed by atoms with Gasteiger partial charge in [-0.05, 0) is 18.2 Å². The van der Waals surface area contributed by atoms with E-state index in [4.69, 9.17) is 9.47 Å². The second-order valence-corrected chi connectivity index (χ2v) is 5.50. The van der Waals surface area contributed by atoms with E-state index >= 15 is 0 Å². The van der Waals surface area contributed by atoms with E-state index in [1.54, 1.807) is 0 Å². The third-order valence-corrected chi connectivity index (χ3v) is 3.88. The number of ether oxygens (including phenoxy) is 3. The number of benzene rings is 1. The first kappa shape index (κ1) is 18.7. The molecular weight excluding hydrogens is 371 g/mol. The van der Waals surface area contributed by atoms with Crippen molar-refractivity contribution in [1.29, 1.82) is 0 Å². The maximum absolute atomic E-state index is 12.8. The number of nitrogens with zero attached hydrogens (tertiary/aromatic N) is 2. The van der Waals surface area contributed by atoms with E-state index in [-0.39, 0.29) is 35.6 Å². The molecule has 0 bridgehead atoms. The van der Waals surface area contributed by atoms with Crippen LogP contribution in [0.25, 0.3) is 11.0 Å². The largest absolute Gasteiger partial charge is 0.466 e. The topological polar surface area (TPSA) is 93.8 Å². The number of alkyl halides is 3. The number of hydrogen-bond donors (Lipinski definition) is 1. The van der Waals surface area contributed by atoms with Gasteiger partial charge in [0.15, 0.2) is 0 Å². The van der Waals surface area contributed by atoms with Gasteiger partial charge in [-0.3, -0.25) is 0 Å². The minimum absolute atomic E-state index is 0.0590. The van der Waals surface area contributed by atoms with Crippen LogP contribution in [-0.4, -0.2) is 49.5 Å². The number of imidazole rings is 1. The van der Waals surface area contributed by atoms with E-state index in [0.717, 1.165) is 14.2 Å². The van der Waals surface area contributed by atoms with Gasteiger partial charge in [-0.1, -0.05) is 0 Å². The molecule has 27 heavy (non-hydrogen) atoms. The second-order valence-electron chi connectivity index (χ2n) is 5.50. The molecular formula is C16H14F3N3O5. The Morgan fingerprint density at radius 3 is 2.56 bits per heavy atom. The average molecular weight is 385 g/mol. The molecule has 1 aliphatic heterocycles. The molecule has 2 aromatic rings. The summed E-state index contributed by atoms with van der Waals surface area (Å²) < 4.78 is 53.2. The summed E-state index contributed by atoms with van der Waals surface area (Å²) in [6.45, 7) is -0.283. The normalized spacial score (nSPS) is 15.2. The first-order chi connectivity index (χ1) is 12.8. The molecule has 8 nitrogen and oxygen atoms in total. The SMILES string of the molecule is COC(=O)C1=C(C(=O)OC)N(c2ccc3nc(C(F)(F)F)[nH]c3c2)COC1. The van der Waals surface area contributed by atoms with Gasteiger partial charge in [0, 0.05) is 5.69 Å². The summed E-state index contributed by atoms with van der Waals surface area (Å²) in [6, 6.07) is 4.18. The standard InChI is InChI=1S/C16H14F3N3O5/c1-25-13(23)9-6-27-7-22(12(9)14(24)26-2)8-3-4-10-11(5-8)21-15(20-10)16(17,18)19/h3-5H,6-7H2,1-2H3,(H,20,21). The lowest BCUT2D eigenvalue weighted by Gasteiger charge is -2.31. The van der Waals surface area contributed by atoms with E-state index in [2.05, 4.69) is 14.7 Å². The minimum atomic E-state index is -4.62. The van der Waals surface area contributed by atoms with Gasteiger partial charge >= 0.3 is 18.1 Å². The second kappa shape index (κ2) is 6.91. The molecule has 0 radical (unpaired) electrons. The fourth-order valence-electron chi connectivity index (χ4n) is 2.65. The van der Waals surface area contributed by atoms with Crippen molar-refractivity contribution in [3.63, 3.8) is 0 Å². The number of esters is 2. The zero-order valence-electron chi connectivity index (χ0n) is 14.2. The number of H-pyrrole nitrogens is 1. The highest BCUT2D eigenvalue weighted by molar-refractivity contribution is 6.03. The van der Waals surface area contributed by atoms with Gasteiger partial charge < -0.3 is 24.1 Å². The van der Waals surface area contributed by atoms with Crippen molar-refractivity contribution >= 4 is 28.7 Å². The molecule has 1 aromatic heterocycles. The molecule has 1 N–H and O–H groups in total. The van der Waals surface area contributed by atoms with Gasteiger partial charge in [-0.15, -0.1) is 0 Å². The Hall–Kier alpha value is -3.08. The zero-order valence-corrected chi connectivity index (χ0v) is 14.2. The third-order valence-electron chi connectivity index (χ3n) is 3.88. The van der Waals surface area contributed by atoms with Gasteiger partial charge in [0.05, 0.1) is 37.4 Å². The lowest BCUT2D eigenvalue weighted by molar-refractivity contribution is -0.144. The Bertz CT molecular complexity index is 935. The summed E-state index contributed by atoms with van der Waals surface area (Å²) in [7, 11) is 2.30. The number of fused-ring (bicyclic) bond motifs is 1. The number of aromatic nitrogens is 2. The molecule has 0 aliphatic carbocycles. The Morgan fingerprint density at radius 2 is 1.93 bits per heavy atom. The van der Waals surface area contributed by atoms with Crippen LogP contribution >= 0.6 is 0 Å². The van der Waals surface area contributed by atoms with Crippen molar-refractivity contribution in [3.05, 3.63) is 35.3 Å². The van der Waals surface area contributed by atoms with Gasteiger partial charge in [0.2, 0.25) is 5.82 Å². The van der Waals surface area contributed by atoms with Crippen LogP contribution in [0.5, 0.6) is 0 Å². The number of hydrogen-bond acceptors (Lipinski definition) is 7. The van der Waals surface area contributed by atoms with Crippen molar-refractivity contribution in [1.82, 2.24) is 9.97 Å². The van der Waals surface area contributed by atoms with Crippen LogP contribution in [0, 0.1) is 0 Å². The van der Waals surface area contributed by atoms with Gasteiger partial charge in [0.1, 0.15) is 12.4 Å². The Balaban J connectivity index is 2.10. The number of anilines is 1. The predicted molar refractivity (Wildman–Crippen MR) is 85.5 cm³/mol. The van der Waals surface area contributed by atoms with Crippen molar-refractivity contribution in [2.45, 2.75) is 6.18 Å². The molecule has 3 rings (SSSR count). The molecule has 1 aromatic carbocycles. The van der Waals surface area contributed by atoms with Crippen LogP contribution in [-0.2, 0) is 30.0 Å². The summed E-state index contributed by atoms with van der Waals surface area (Å²) in [5.41, 5.74) is 0.346. The number of nitrogens with one attached hydrogen (secondary N) is 1. The summed E-state index contributed by atoms with van der Waals surface area (Å²) in [5, 5.41) is 0. The highest BCUT2D eigenvalue weighted by Crippen LogP contribution is 2.32. The van der Waals surface area contributed by atoms with Gasteiger partial charge in [-0.2, -0.15) is 13.2 Å². The highest BCUT2D eigenvalue weighted by Gasteiger charge is 2.35. The summed E-state index contributed by atoms with van der Waals surface area (Å²) in [5.74, 6) is -2.72. The maximum atomic E-state index is 12.8. The molecule has 11 heteroatoms.